The first-order valence-electron chi connectivity index (χ1n) is 9.90. The van der Waals surface area contributed by atoms with Crippen LogP contribution in [0.15, 0.2) is 24.3 Å². The zero-order chi connectivity index (χ0) is 17.2. The number of carbonyl (C=O) groups excluding carboxylic acids is 1. The Balaban J connectivity index is 1.46. The first-order valence-corrected chi connectivity index (χ1v) is 9.90. The predicted molar refractivity (Wildman–Crippen MR) is 102 cm³/mol. The number of aromatic amines is 1. The van der Waals surface area contributed by atoms with Crippen LogP contribution in [0, 0.1) is 0 Å². The highest BCUT2D eigenvalue weighted by Crippen LogP contribution is 2.27. The van der Waals surface area contributed by atoms with E-state index in [0.29, 0.717) is 11.9 Å². The fraction of sp³-hybridized carbons (Fsp3) is 0.571. The van der Waals surface area contributed by atoms with E-state index in [1.807, 2.05) is 0 Å². The number of likely N-dealkylation sites (tertiary alicyclic amines) is 1. The molecule has 0 saturated carbocycles. The van der Waals surface area contributed by atoms with Crippen molar-refractivity contribution < 1.29 is 4.79 Å². The van der Waals surface area contributed by atoms with E-state index in [1.54, 1.807) is 0 Å². The van der Waals surface area contributed by atoms with Crippen molar-refractivity contribution in [2.75, 3.05) is 13.1 Å². The molecular formula is C21H29N3O. The highest BCUT2D eigenvalue weighted by Gasteiger charge is 2.34. The van der Waals surface area contributed by atoms with Crippen LogP contribution in [0.4, 0.5) is 0 Å². The highest BCUT2D eigenvalue weighted by atomic mass is 16.2. The van der Waals surface area contributed by atoms with E-state index in [4.69, 9.17) is 0 Å². The number of aromatic nitrogens is 1. The van der Waals surface area contributed by atoms with Crippen LogP contribution < -0.4 is 5.32 Å². The first kappa shape index (κ1) is 16.6. The average molecular weight is 339 g/mol. The summed E-state index contributed by atoms with van der Waals surface area (Å²) in [4.78, 5) is 18.6. The fourth-order valence-corrected chi connectivity index (χ4v) is 4.71. The highest BCUT2D eigenvalue weighted by molar-refractivity contribution is 5.84. The molecule has 1 aromatic heterocycles. The Kier molecular flexibility index (Phi) is 4.80. The summed E-state index contributed by atoms with van der Waals surface area (Å²) >= 11 is 0. The topological polar surface area (TPSA) is 48.1 Å². The second-order valence-corrected chi connectivity index (χ2v) is 7.50. The Hall–Kier alpha value is -1.81. The monoisotopic (exact) mass is 339 g/mol. The van der Waals surface area contributed by atoms with Gasteiger partial charge in [0.25, 0.3) is 0 Å². The average Bonchev–Trinajstić information content (AvgIpc) is 3.37. The molecule has 0 aliphatic carbocycles. The first-order chi connectivity index (χ1) is 12.3. The number of carbonyl (C=O) groups is 1. The van der Waals surface area contributed by atoms with E-state index in [2.05, 4.69) is 46.4 Å². The number of amides is 1. The van der Waals surface area contributed by atoms with Gasteiger partial charge in [0.05, 0.1) is 6.04 Å². The van der Waals surface area contributed by atoms with Crippen LogP contribution >= 0.6 is 0 Å². The summed E-state index contributed by atoms with van der Waals surface area (Å²) in [5.74, 6) is 0.340. The molecule has 2 fully saturated rings. The lowest BCUT2D eigenvalue weighted by atomic mass is 10.0. The molecule has 0 bridgehead atoms. The van der Waals surface area contributed by atoms with Crippen LogP contribution in [0.3, 0.4) is 0 Å². The van der Waals surface area contributed by atoms with Crippen molar-refractivity contribution in [1.82, 2.24) is 15.2 Å². The van der Waals surface area contributed by atoms with Gasteiger partial charge in [-0.15, -0.1) is 0 Å². The zero-order valence-electron chi connectivity index (χ0n) is 15.2. The number of H-pyrrole nitrogens is 1. The summed E-state index contributed by atoms with van der Waals surface area (Å²) in [5, 5.41) is 4.72. The van der Waals surface area contributed by atoms with Gasteiger partial charge in [-0.3, -0.25) is 4.79 Å². The molecule has 2 aliphatic heterocycles. The Labute approximate surface area is 150 Å². The molecule has 4 heteroatoms. The van der Waals surface area contributed by atoms with Crippen molar-refractivity contribution >= 4 is 16.8 Å². The maximum Gasteiger partial charge on any atom is 0.239 e. The number of fused-ring (bicyclic) bond motifs is 1. The molecule has 0 radical (unpaired) electrons. The molecule has 0 unspecified atom stereocenters. The van der Waals surface area contributed by atoms with E-state index >= 15 is 0 Å². The third-order valence-corrected chi connectivity index (χ3v) is 6.00. The van der Waals surface area contributed by atoms with E-state index in [-0.39, 0.29) is 6.04 Å². The van der Waals surface area contributed by atoms with Crippen LogP contribution in [0.1, 0.15) is 50.3 Å². The number of nitrogens with zero attached hydrogens (tertiary/aromatic N) is 1. The lowest BCUT2D eigenvalue weighted by Crippen LogP contribution is -2.45. The predicted octanol–water partition coefficient (Wildman–Crippen LogP) is 3.41. The summed E-state index contributed by atoms with van der Waals surface area (Å²) in [6, 6.07) is 9.06. The lowest BCUT2D eigenvalue weighted by molar-refractivity contribution is -0.134. The summed E-state index contributed by atoms with van der Waals surface area (Å²) in [5.41, 5.74) is 4.05. The van der Waals surface area contributed by atoms with Gasteiger partial charge in [-0.25, -0.2) is 0 Å². The van der Waals surface area contributed by atoms with Gasteiger partial charge < -0.3 is 15.2 Å². The number of aryl methyl sites for hydroxylation is 2. The number of rotatable bonds is 5. The van der Waals surface area contributed by atoms with Crippen molar-refractivity contribution in [3.05, 3.63) is 35.5 Å². The minimum atomic E-state index is 0.0693. The van der Waals surface area contributed by atoms with Gasteiger partial charge in [0, 0.05) is 29.2 Å². The Morgan fingerprint density at radius 1 is 1.24 bits per heavy atom. The standard InChI is InChI=1S/C21H29N3O/c1-2-16-17-8-3-4-9-18(17)23-19(16)12-11-15-7-6-14-24(15)21(25)20-10-5-13-22-20/h3-4,8-9,15,20,22-23H,2,5-7,10-14H2,1H3/t15-,20+/m0/s1. The van der Waals surface area contributed by atoms with E-state index in [1.165, 1.54) is 22.2 Å². The Bertz CT molecular complexity index is 745. The van der Waals surface area contributed by atoms with Crippen molar-refractivity contribution in [2.45, 2.75) is 64.0 Å². The van der Waals surface area contributed by atoms with Gasteiger partial charge in [0.2, 0.25) is 5.91 Å². The Morgan fingerprint density at radius 2 is 2.12 bits per heavy atom. The molecule has 1 aromatic carbocycles. The molecule has 4 rings (SSSR count). The molecule has 2 aromatic rings. The summed E-state index contributed by atoms with van der Waals surface area (Å²) < 4.78 is 0. The molecule has 134 valence electrons. The molecule has 3 heterocycles. The van der Waals surface area contributed by atoms with E-state index in [9.17, 15) is 4.79 Å². The largest absolute Gasteiger partial charge is 0.358 e. The number of benzene rings is 1. The van der Waals surface area contributed by atoms with E-state index < -0.39 is 0 Å². The van der Waals surface area contributed by atoms with Crippen molar-refractivity contribution in [2.24, 2.45) is 0 Å². The summed E-state index contributed by atoms with van der Waals surface area (Å²) in [6.07, 6.45) is 7.59. The summed E-state index contributed by atoms with van der Waals surface area (Å²) in [7, 11) is 0. The maximum atomic E-state index is 12.8. The Morgan fingerprint density at radius 3 is 2.92 bits per heavy atom. The van der Waals surface area contributed by atoms with Crippen LogP contribution in [0.2, 0.25) is 0 Å². The third-order valence-electron chi connectivity index (χ3n) is 6.00. The van der Waals surface area contributed by atoms with Gasteiger partial charge in [0.1, 0.15) is 0 Å². The molecule has 0 spiro atoms. The molecule has 2 saturated heterocycles. The number of hydrogen-bond donors (Lipinski definition) is 2. The quantitative estimate of drug-likeness (QED) is 0.877. The van der Waals surface area contributed by atoms with Crippen LogP contribution in [0.25, 0.3) is 10.9 Å². The summed E-state index contributed by atoms with van der Waals surface area (Å²) in [6.45, 7) is 4.16. The third kappa shape index (κ3) is 3.20. The number of para-hydroxylation sites is 1. The molecule has 25 heavy (non-hydrogen) atoms. The van der Waals surface area contributed by atoms with Gasteiger partial charge in [0.15, 0.2) is 0 Å². The number of hydrogen-bond acceptors (Lipinski definition) is 2. The van der Waals surface area contributed by atoms with Gasteiger partial charge in [-0.2, -0.15) is 0 Å². The van der Waals surface area contributed by atoms with Crippen molar-refractivity contribution in [1.29, 1.82) is 0 Å². The van der Waals surface area contributed by atoms with Crippen molar-refractivity contribution in [3.8, 4) is 0 Å². The van der Waals surface area contributed by atoms with Crippen molar-refractivity contribution in [3.63, 3.8) is 0 Å². The second kappa shape index (κ2) is 7.20. The smallest absolute Gasteiger partial charge is 0.239 e. The minimum absolute atomic E-state index is 0.0693. The SMILES string of the molecule is CCc1c(CC[C@@H]2CCCN2C(=O)[C@H]2CCCN2)[nH]c2ccccc12. The van der Waals surface area contributed by atoms with Gasteiger partial charge in [-0.05, 0) is 63.1 Å². The normalized spacial score (nSPS) is 23.6. The number of nitrogens with one attached hydrogen (secondary N) is 2. The molecule has 1 amide bonds. The van der Waals surface area contributed by atoms with Gasteiger partial charge >= 0.3 is 0 Å². The molecule has 2 atom stereocenters. The lowest BCUT2D eigenvalue weighted by Gasteiger charge is -2.27. The minimum Gasteiger partial charge on any atom is -0.358 e. The second-order valence-electron chi connectivity index (χ2n) is 7.50. The molecule has 2 aliphatic rings. The zero-order valence-corrected chi connectivity index (χ0v) is 15.2. The molecule has 2 N–H and O–H groups in total. The molecule has 4 nitrogen and oxygen atoms in total. The maximum absolute atomic E-state index is 12.8. The van der Waals surface area contributed by atoms with E-state index in [0.717, 1.165) is 58.0 Å². The van der Waals surface area contributed by atoms with Crippen LogP contribution in [-0.2, 0) is 17.6 Å². The van der Waals surface area contributed by atoms with Gasteiger partial charge in [-0.1, -0.05) is 25.1 Å². The van der Waals surface area contributed by atoms with Crippen LogP contribution in [0.5, 0.6) is 0 Å². The fourth-order valence-electron chi connectivity index (χ4n) is 4.71. The molecular weight excluding hydrogens is 310 g/mol. The van der Waals surface area contributed by atoms with Crippen LogP contribution in [-0.4, -0.2) is 41.0 Å².